The second kappa shape index (κ2) is 13.9. The van der Waals surface area contributed by atoms with Crippen molar-refractivity contribution in [3.05, 3.63) is 58.7 Å². The lowest BCUT2D eigenvalue weighted by atomic mass is 9.43. The number of benzene rings is 2. The number of aryl methyl sites for hydroxylation is 1. The van der Waals surface area contributed by atoms with Crippen molar-refractivity contribution >= 4 is 29.3 Å². The van der Waals surface area contributed by atoms with Gasteiger partial charge in [0.25, 0.3) is 0 Å². The summed E-state index contributed by atoms with van der Waals surface area (Å²) in [5, 5.41) is 0. The van der Waals surface area contributed by atoms with Gasteiger partial charge < -0.3 is 24.0 Å². The first-order chi connectivity index (χ1) is 26.0. The molecule has 4 aliphatic carbocycles. The molecule has 4 saturated carbocycles. The molecule has 0 radical (unpaired) electrons. The molecule has 0 saturated heterocycles. The summed E-state index contributed by atoms with van der Waals surface area (Å²) in [5.74, 6) is 2.50. The minimum absolute atomic E-state index is 0.0396. The summed E-state index contributed by atoms with van der Waals surface area (Å²) in [7, 11) is 1.47. The van der Waals surface area contributed by atoms with Gasteiger partial charge in [-0.3, -0.25) is 14.4 Å². The third-order valence-electron chi connectivity index (χ3n) is 16.3. The highest BCUT2D eigenvalue weighted by Gasteiger charge is 2.65. The van der Waals surface area contributed by atoms with Crippen LogP contribution in [-0.2, 0) is 54.5 Å². The Bertz CT molecular complexity index is 1810. The van der Waals surface area contributed by atoms with E-state index in [4.69, 9.17) is 14.2 Å². The van der Waals surface area contributed by atoms with Gasteiger partial charge in [-0.1, -0.05) is 45.0 Å². The Kier molecular flexibility index (Phi) is 9.28. The molecule has 13 bridgehead atoms. The van der Waals surface area contributed by atoms with Crippen LogP contribution in [0.15, 0.2) is 36.4 Å². The maximum atomic E-state index is 14.0. The van der Waals surface area contributed by atoms with Crippen molar-refractivity contribution in [3.63, 3.8) is 0 Å². The number of carbonyl (C=O) groups is 3. The van der Waals surface area contributed by atoms with Crippen LogP contribution in [-0.4, -0.2) is 43.9 Å². The minimum atomic E-state index is -0.145. The third-order valence-corrected chi connectivity index (χ3v) is 16.3. The number of rotatable bonds is 4. The molecule has 2 aromatic rings. The summed E-state index contributed by atoms with van der Waals surface area (Å²) >= 11 is 0. The first kappa shape index (κ1) is 36.1. The van der Waals surface area contributed by atoms with Crippen LogP contribution in [0, 0.1) is 46.3 Å². The smallest absolute Gasteiger partial charge is 0.310 e. The quantitative estimate of drug-likeness (QED) is 0.228. The van der Waals surface area contributed by atoms with Gasteiger partial charge >= 0.3 is 17.9 Å². The van der Waals surface area contributed by atoms with E-state index in [1.807, 2.05) is 0 Å². The maximum absolute atomic E-state index is 14.0. The van der Waals surface area contributed by atoms with E-state index in [1.54, 1.807) is 0 Å². The Hall–Kier alpha value is -3.55. The zero-order chi connectivity index (χ0) is 37.4. The minimum Gasteiger partial charge on any atom is -0.469 e. The van der Waals surface area contributed by atoms with E-state index in [0.29, 0.717) is 54.8 Å². The molecule has 0 aromatic heterocycles. The Morgan fingerprint density at radius 1 is 0.870 bits per heavy atom. The topological polar surface area (TPSA) is 85.4 Å². The molecule has 0 amide bonds. The molecular weight excluding hydrogens is 677 g/mol. The van der Waals surface area contributed by atoms with Crippen molar-refractivity contribution < 1.29 is 28.6 Å². The summed E-state index contributed by atoms with van der Waals surface area (Å²) in [6, 6.07) is 13.4. The highest BCUT2D eigenvalue weighted by Crippen LogP contribution is 2.69. The maximum Gasteiger partial charge on any atom is 0.310 e. The van der Waals surface area contributed by atoms with Crippen LogP contribution in [0.5, 0.6) is 0 Å². The Morgan fingerprint density at radius 2 is 1.61 bits per heavy atom. The molecule has 2 aromatic carbocycles. The second-order valence-corrected chi connectivity index (χ2v) is 18.9. The molecule has 4 fully saturated rings. The Morgan fingerprint density at radius 3 is 2.37 bits per heavy atom. The number of fused-ring (bicyclic) bond motifs is 2. The van der Waals surface area contributed by atoms with Crippen molar-refractivity contribution in [3.8, 4) is 0 Å². The van der Waals surface area contributed by atoms with Gasteiger partial charge in [-0.2, -0.15) is 0 Å². The molecule has 0 unspecified atom stereocenters. The number of ether oxygens (including phenoxy) is 3. The number of carbonyl (C=O) groups excluding carboxylic acids is 3. The van der Waals surface area contributed by atoms with Crippen LogP contribution < -0.4 is 9.80 Å². The SMILES string of the molecule is COC(=O)CC[C@@H](C)[C@H]1CC[C@H]2[C@@H]3CC[C@@H]4C[C@H]5CC[C@]4(C)[C@H]3C[C@H](OC(=O)CCCc3ccc4c(c3)CN3CN4Cc4cc(ccc43)CC(=O)O5)[C@]12C. The lowest BCUT2D eigenvalue weighted by Gasteiger charge is -2.62. The van der Waals surface area contributed by atoms with Crippen molar-refractivity contribution in [1.82, 2.24) is 0 Å². The van der Waals surface area contributed by atoms with E-state index in [-0.39, 0.29) is 40.9 Å². The van der Waals surface area contributed by atoms with E-state index in [2.05, 4.69) is 67.0 Å². The van der Waals surface area contributed by atoms with Gasteiger partial charge in [0, 0.05) is 42.7 Å². The predicted molar refractivity (Wildman–Crippen MR) is 208 cm³/mol. The van der Waals surface area contributed by atoms with Crippen molar-refractivity contribution in [2.75, 3.05) is 23.6 Å². The summed E-state index contributed by atoms with van der Waals surface area (Å²) in [4.78, 5) is 44.6. The zero-order valence-corrected chi connectivity index (χ0v) is 32.9. The Balaban J connectivity index is 1.02. The molecule has 290 valence electrons. The van der Waals surface area contributed by atoms with Crippen molar-refractivity contribution in [2.45, 2.75) is 136 Å². The van der Waals surface area contributed by atoms with Gasteiger partial charge in [0.05, 0.1) is 20.2 Å². The fourth-order valence-electron chi connectivity index (χ4n) is 13.5. The second-order valence-electron chi connectivity index (χ2n) is 18.9. The summed E-state index contributed by atoms with van der Waals surface area (Å²) in [5.41, 5.74) is 7.44. The molecule has 10 atom stereocenters. The monoisotopic (exact) mass is 736 g/mol. The van der Waals surface area contributed by atoms with Gasteiger partial charge in [0.15, 0.2) is 0 Å². The van der Waals surface area contributed by atoms with Crippen LogP contribution >= 0.6 is 0 Å². The van der Waals surface area contributed by atoms with Gasteiger partial charge in [0.1, 0.15) is 12.2 Å². The molecule has 8 heteroatoms. The molecule has 8 heterocycles. The largest absolute Gasteiger partial charge is 0.469 e. The molecule has 12 aliphatic rings. The van der Waals surface area contributed by atoms with Crippen LogP contribution in [0.3, 0.4) is 0 Å². The highest BCUT2D eigenvalue weighted by molar-refractivity contribution is 5.74. The Labute approximate surface area is 321 Å². The number of hydrogen-bond acceptors (Lipinski definition) is 8. The predicted octanol–water partition coefficient (Wildman–Crippen LogP) is 8.54. The number of anilines is 2. The normalized spacial score (nSPS) is 36.2. The fourth-order valence-corrected chi connectivity index (χ4v) is 13.5. The van der Waals surface area contributed by atoms with Crippen LogP contribution in [0.2, 0.25) is 0 Å². The first-order valence-electron chi connectivity index (χ1n) is 21.2. The summed E-state index contributed by atoms with van der Waals surface area (Å²) in [6.45, 7) is 9.81. The van der Waals surface area contributed by atoms with E-state index in [1.165, 1.54) is 48.0 Å². The number of nitrogens with zero attached hydrogens (tertiary/aromatic N) is 2. The van der Waals surface area contributed by atoms with E-state index in [9.17, 15) is 14.4 Å². The van der Waals surface area contributed by atoms with Gasteiger partial charge in [-0.15, -0.1) is 0 Å². The first-order valence-corrected chi connectivity index (χ1v) is 21.2. The van der Waals surface area contributed by atoms with Crippen LogP contribution in [0.4, 0.5) is 11.4 Å². The van der Waals surface area contributed by atoms with Crippen molar-refractivity contribution in [1.29, 1.82) is 0 Å². The average Bonchev–Trinajstić information content (AvgIpc) is 3.52. The van der Waals surface area contributed by atoms with Gasteiger partial charge in [-0.05, 0) is 146 Å². The molecular formula is C46H60N2O6. The van der Waals surface area contributed by atoms with Crippen LogP contribution in [0.1, 0.15) is 120 Å². The lowest BCUT2D eigenvalue weighted by molar-refractivity contribution is -0.199. The number of hydrogen-bond donors (Lipinski definition) is 0. The molecule has 8 nitrogen and oxygen atoms in total. The van der Waals surface area contributed by atoms with Crippen molar-refractivity contribution in [2.24, 2.45) is 46.3 Å². The lowest BCUT2D eigenvalue weighted by Crippen LogP contribution is -2.59. The van der Waals surface area contributed by atoms with E-state index < -0.39 is 0 Å². The standard InChI is InChI=1S/C46H60N2O6/c1-28(8-17-42(49)52-4)36-13-14-37-35-12-11-33-23-34-18-19-45(33,2)38(35)24-41(46(36,37)3)54-43(50)7-5-6-29-9-15-39-31(20-29)25-47-27-48(39)26-32-21-30(10-16-40(32)47)22-44(51)53-34/h9-10,15-16,20-21,28,33-38,41H,5-8,11-14,17-19,22-27H2,1-4H3/t28-,33-,34-,35+,36-,37+,38+,41+,45+,46-/m1/s1. The molecule has 14 rings (SSSR count). The van der Waals surface area contributed by atoms with Gasteiger partial charge in [0.2, 0.25) is 0 Å². The molecule has 0 N–H and O–H groups in total. The number of esters is 3. The third kappa shape index (κ3) is 6.13. The molecule has 54 heavy (non-hydrogen) atoms. The van der Waals surface area contributed by atoms with E-state index >= 15 is 0 Å². The van der Waals surface area contributed by atoms with E-state index in [0.717, 1.165) is 83.1 Å². The van der Waals surface area contributed by atoms with Gasteiger partial charge in [-0.25, -0.2) is 0 Å². The van der Waals surface area contributed by atoms with Crippen LogP contribution in [0.25, 0.3) is 0 Å². The summed E-state index contributed by atoms with van der Waals surface area (Å²) < 4.78 is 18.1. The molecule has 8 aliphatic heterocycles. The average molecular weight is 737 g/mol. The highest BCUT2D eigenvalue weighted by atomic mass is 16.5. The summed E-state index contributed by atoms with van der Waals surface area (Å²) in [6.07, 6.45) is 11.9. The number of methoxy groups -OCH3 is 1. The fraction of sp³-hybridized carbons (Fsp3) is 0.674. The molecule has 0 spiro atoms. The zero-order valence-electron chi connectivity index (χ0n) is 32.9.